The second kappa shape index (κ2) is 7.19. The summed E-state index contributed by atoms with van der Waals surface area (Å²) in [6.45, 7) is 2.89. The van der Waals surface area contributed by atoms with Gasteiger partial charge < -0.3 is 10.5 Å². The minimum Gasteiger partial charge on any atom is -0.474 e. The van der Waals surface area contributed by atoms with Crippen LogP contribution in [0.3, 0.4) is 0 Å². The molecule has 0 aromatic carbocycles. The molecule has 0 saturated carbocycles. The summed E-state index contributed by atoms with van der Waals surface area (Å²) in [5.74, 6) is 0.0634. The number of likely N-dealkylation sites (tertiary alicyclic amines) is 1. The first kappa shape index (κ1) is 15.4. The Balaban J connectivity index is 1.48. The molecule has 3 heterocycles. The van der Waals surface area contributed by atoms with E-state index in [1.54, 1.807) is 18.3 Å². The van der Waals surface area contributed by atoms with E-state index in [-0.39, 0.29) is 6.10 Å². The van der Waals surface area contributed by atoms with Crippen molar-refractivity contribution >= 4 is 5.91 Å². The lowest BCUT2D eigenvalue weighted by atomic mass is 10.1. The molecule has 0 atom stereocenters. The fourth-order valence-corrected chi connectivity index (χ4v) is 2.70. The molecule has 2 aromatic heterocycles. The van der Waals surface area contributed by atoms with Crippen molar-refractivity contribution in [1.29, 1.82) is 0 Å². The highest BCUT2D eigenvalue weighted by molar-refractivity contribution is 5.92. The highest BCUT2D eigenvalue weighted by Gasteiger charge is 2.21. The van der Waals surface area contributed by atoms with E-state index >= 15 is 0 Å². The van der Waals surface area contributed by atoms with Crippen LogP contribution in [0.15, 0.2) is 42.9 Å². The molecule has 6 nitrogen and oxygen atoms in total. The number of hydrogen-bond donors (Lipinski definition) is 1. The quantitative estimate of drug-likeness (QED) is 0.907. The van der Waals surface area contributed by atoms with Crippen LogP contribution in [0.4, 0.5) is 0 Å². The molecule has 120 valence electrons. The van der Waals surface area contributed by atoms with E-state index in [2.05, 4.69) is 20.9 Å². The summed E-state index contributed by atoms with van der Waals surface area (Å²) in [6, 6.07) is 7.40. The highest BCUT2D eigenvalue weighted by atomic mass is 16.5. The van der Waals surface area contributed by atoms with Gasteiger partial charge in [0.2, 0.25) is 11.8 Å². The zero-order valence-corrected chi connectivity index (χ0v) is 12.9. The van der Waals surface area contributed by atoms with Crippen molar-refractivity contribution in [2.75, 3.05) is 13.1 Å². The van der Waals surface area contributed by atoms with Gasteiger partial charge in [-0.15, -0.1) is 0 Å². The normalized spacial score (nSPS) is 16.2. The lowest BCUT2D eigenvalue weighted by molar-refractivity contribution is 0.0930. The molecule has 2 N–H and O–H groups in total. The Kier molecular flexibility index (Phi) is 4.83. The van der Waals surface area contributed by atoms with Gasteiger partial charge in [-0.3, -0.25) is 14.7 Å². The number of hydrogen-bond acceptors (Lipinski definition) is 5. The molecule has 0 aliphatic carbocycles. The summed E-state index contributed by atoms with van der Waals surface area (Å²) in [6.07, 6.45) is 7.23. The van der Waals surface area contributed by atoms with Gasteiger partial charge in [-0.1, -0.05) is 6.07 Å². The molecule has 23 heavy (non-hydrogen) atoms. The number of carbonyl (C=O) groups is 1. The van der Waals surface area contributed by atoms with E-state index in [1.807, 2.05) is 12.3 Å². The zero-order valence-electron chi connectivity index (χ0n) is 12.9. The molecule has 0 radical (unpaired) electrons. The van der Waals surface area contributed by atoms with Crippen LogP contribution in [0.1, 0.15) is 28.8 Å². The molecule has 0 unspecified atom stereocenters. The summed E-state index contributed by atoms with van der Waals surface area (Å²) < 4.78 is 5.89. The first-order chi connectivity index (χ1) is 11.2. The molecule has 6 heteroatoms. The fraction of sp³-hybridized carbons (Fsp3) is 0.353. The van der Waals surface area contributed by atoms with Gasteiger partial charge in [0.25, 0.3) is 0 Å². The van der Waals surface area contributed by atoms with Crippen LogP contribution in [0.5, 0.6) is 5.88 Å². The molecule has 0 spiro atoms. The van der Waals surface area contributed by atoms with Crippen LogP contribution in [0.2, 0.25) is 0 Å². The highest BCUT2D eigenvalue weighted by Crippen LogP contribution is 2.18. The Labute approximate surface area is 135 Å². The first-order valence-corrected chi connectivity index (χ1v) is 7.74. The first-order valence-electron chi connectivity index (χ1n) is 7.74. The van der Waals surface area contributed by atoms with Gasteiger partial charge in [-0.25, -0.2) is 4.98 Å². The number of primary amides is 1. The monoisotopic (exact) mass is 312 g/mol. The van der Waals surface area contributed by atoms with Gasteiger partial charge in [-0.05, 0) is 30.5 Å². The van der Waals surface area contributed by atoms with Crippen LogP contribution in [-0.4, -0.2) is 40.0 Å². The number of aromatic nitrogens is 2. The number of carbonyl (C=O) groups excluding carboxylic acids is 1. The number of amides is 1. The third kappa shape index (κ3) is 4.26. The van der Waals surface area contributed by atoms with Crippen molar-refractivity contribution in [2.24, 2.45) is 5.73 Å². The smallest absolute Gasteiger partial charge is 0.250 e. The molecular formula is C17H20N4O2. The van der Waals surface area contributed by atoms with Gasteiger partial charge in [0.05, 0.1) is 5.56 Å². The average Bonchev–Trinajstić information content (AvgIpc) is 2.58. The molecule has 2 aromatic rings. The van der Waals surface area contributed by atoms with Crippen molar-refractivity contribution in [3.63, 3.8) is 0 Å². The molecule has 3 rings (SSSR count). The van der Waals surface area contributed by atoms with E-state index in [9.17, 15) is 4.79 Å². The topological polar surface area (TPSA) is 81.3 Å². The summed E-state index contributed by atoms with van der Waals surface area (Å²) in [4.78, 5) is 21.7. The third-order valence-electron chi connectivity index (χ3n) is 3.97. The van der Waals surface area contributed by atoms with E-state index in [0.29, 0.717) is 11.4 Å². The number of rotatable bonds is 5. The molecule has 1 aliphatic rings. The lowest BCUT2D eigenvalue weighted by Crippen LogP contribution is -2.37. The van der Waals surface area contributed by atoms with Gasteiger partial charge in [0.1, 0.15) is 6.10 Å². The number of piperidine rings is 1. The Bertz CT molecular complexity index is 637. The Morgan fingerprint density at radius 3 is 2.70 bits per heavy atom. The number of nitrogens with zero attached hydrogens (tertiary/aromatic N) is 3. The van der Waals surface area contributed by atoms with Crippen LogP contribution in [0.25, 0.3) is 0 Å². The second-order valence-electron chi connectivity index (χ2n) is 5.70. The SMILES string of the molecule is NC(=O)c1ccc(OC2CCN(Cc3cccnc3)CC2)nc1. The molecule has 1 saturated heterocycles. The predicted octanol–water partition coefficient (Wildman–Crippen LogP) is 1.62. The number of nitrogens with two attached hydrogens (primary N) is 1. The summed E-state index contributed by atoms with van der Waals surface area (Å²) in [5, 5.41) is 0. The molecule has 1 fully saturated rings. The van der Waals surface area contributed by atoms with Gasteiger partial charge in [0, 0.05) is 44.3 Å². The zero-order chi connectivity index (χ0) is 16.1. The van der Waals surface area contributed by atoms with Crippen LogP contribution in [0, 0.1) is 0 Å². The van der Waals surface area contributed by atoms with Crippen molar-refractivity contribution in [2.45, 2.75) is 25.5 Å². The van der Waals surface area contributed by atoms with Gasteiger partial charge >= 0.3 is 0 Å². The third-order valence-corrected chi connectivity index (χ3v) is 3.97. The fourth-order valence-electron chi connectivity index (χ4n) is 2.70. The summed E-state index contributed by atoms with van der Waals surface area (Å²) >= 11 is 0. The molecule has 1 amide bonds. The maximum atomic E-state index is 11.0. The minimum atomic E-state index is -0.479. The average molecular weight is 312 g/mol. The van der Waals surface area contributed by atoms with Gasteiger partial charge in [0.15, 0.2) is 0 Å². The Morgan fingerprint density at radius 1 is 1.26 bits per heavy atom. The van der Waals surface area contributed by atoms with Crippen LogP contribution < -0.4 is 10.5 Å². The van der Waals surface area contributed by atoms with Gasteiger partial charge in [-0.2, -0.15) is 0 Å². The van der Waals surface area contributed by atoms with Crippen molar-refractivity contribution in [3.8, 4) is 5.88 Å². The maximum absolute atomic E-state index is 11.0. The summed E-state index contributed by atoms with van der Waals surface area (Å²) in [7, 11) is 0. The molecular weight excluding hydrogens is 292 g/mol. The number of pyridine rings is 2. The molecule has 0 bridgehead atoms. The van der Waals surface area contributed by atoms with Crippen LogP contribution >= 0.6 is 0 Å². The Morgan fingerprint density at radius 2 is 2.09 bits per heavy atom. The number of ether oxygens (including phenoxy) is 1. The predicted molar refractivity (Wildman–Crippen MR) is 85.9 cm³/mol. The van der Waals surface area contributed by atoms with Crippen LogP contribution in [-0.2, 0) is 6.54 Å². The van der Waals surface area contributed by atoms with E-state index in [0.717, 1.165) is 32.5 Å². The standard InChI is InChI=1S/C17H20N4O2/c18-17(22)14-3-4-16(20-11-14)23-15-5-8-21(9-6-15)12-13-2-1-7-19-10-13/h1-4,7,10-11,15H,5-6,8-9,12H2,(H2,18,22). The molecule has 1 aliphatic heterocycles. The maximum Gasteiger partial charge on any atom is 0.250 e. The van der Waals surface area contributed by atoms with Crippen molar-refractivity contribution in [1.82, 2.24) is 14.9 Å². The minimum absolute atomic E-state index is 0.159. The van der Waals surface area contributed by atoms with Crippen molar-refractivity contribution < 1.29 is 9.53 Å². The largest absolute Gasteiger partial charge is 0.474 e. The van der Waals surface area contributed by atoms with E-state index in [4.69, 9.17) is 10.5 Å². The second-order valence-corrected chi connectivity index (χ2v) is 5.70. The van der Waals surface area contributed by atoms with E-state index < -0.39 is 5.91 Å². The lowest BCUT2D eigenvalue weighted by Gasteiger charge is -2.31. The van der Waals surface area contributed by atoms with Crippen molar-refractivity contribution in [3.05, 3.63) is 54.0 Å². The van der Waals surface area contributed by atoms with E-state index in [1.165, 1.54) is 11.8 Å². The summed E-state index contributed by atoms with van der Waals surface area (Å²) in [5.41, 5.74) is 6.82. The Hall–Kier alpha value is -2.47.